The Bertz CT molecular complexity index is 535. The average molecular weight is 245 g/mol. The summed E-state index contributed by atoms with van der Waals surface area (Å²) < 4.78 is 37.6. The molecule has 0 radical (unpaired) electrons. The van der Waals surface area contributed by atoms with E-state index in [0.29, 0.717) is 11.2 Å². The number of hydrogen-bond donors (Lipinski definition) is 3. The lowest BCUT2D eigenvalue weighted by Gasteiger charge is -2.08. The Balaban J connectivity index is 2.58. The van der Waals surface area contributed by atoms with E-state index in [1.165, 1.54) is 6.07 Å². The van der Waals surface area contributed by atoms with E-state index in [4.69, 9.17) is 10.8 Å². The van der Waals surface area contributed by atoms with Crippen LogP contribution in [0.1, 0.15) is 17.3 Å². The second kappa shape index (κ2) is 4.01. The van der Waals surface area contributed by atoms with E-state index in [9.17, 15) is 13.2 Å². The number of aliphatic hydroxyl groups is 1. The van der Waals surface area contributed by atoms with Gasteiger partial charge >= 0.3 is 6.18 Å². The van der Waals surface area contributed by atoms with Crippen LogP contribution in [-0.2, 0) is 6.18 Å². The third-order valence-electron chi connectivity index (χ3n) is 2.48. The average Bonchev–Trinajstić information content (AvgIpc) is 2.69. The molecule has 92 valence electrons. The van der Waals surface area contributed by atoms with Gasteiger partial charge in [0.2, 0.25) is 0 Å². The summed E-state index contributed by atoms with van der Waals surface area (Å²) in [6.07, 6.45) is -4.41. The second-order valence-electron chi connectivity index (χ2n) is 3.66. The predicted octanol–water partition coefficient (Wildman–Crippen LogP) is 1.57. The summed E-state index contributed by atoms with van der Waals surface area (Å²) in [6, 6.07) is 2.42. The smallest absolute Gasteiger partial charge is 0.394 e. The van der Waals surface area contributed by atoms with Gasteiger partial charge in [-0.1, -0.05) is 0 Å². The minimum Gasteiger partial charge on any atom is -0.394 e. The highest BCUT2D eigenvalue weighted by Gasteiger charge is 2.31. The molecule has 0 saturated heterocycles. The first-order valence-electron chi connectivity index (χ1n) is 4.85. The molecule has 1 aromatic heterocycles. The first-order chi connectivity index (χ1) is 7.93. The summed E-state index contributed by atoms with van der Waals surface area (Å²) in [6.45, 7) is -0.368. The van der Waals surface area contributed by atoms with Crippen molar-refractivity contribution in [2.75, 3.05) is 6.61 Å². The van der Waals surface area contributed by atoms with Crippen molar-refractivity contribution in [3.8, 4) is 0 Å². The van der Waals surface area contributed by atoms with E-state index in [0.717, 1.165) is 12.1 Å². The van der Waals surface area contributed by atoms with Gasteiger partial charge in [0.15, 0.2) is 0 Å². The Morgan fingerprint density at radius 1 is 1.41 bits per heavy atom. The van der Waals surface area contributed by atoms with Gasteiger partial charge in [0, 0.05) is 5.39 Å². The molecule has 2 rings (SSSR count). The van der Waals surface area contributed by atoms with E-state index in [2.05, 4.69) is 10.2 Å². The van der Waals surface area contributed by atoms with Crippen LogP contribution in [0.2, 0.25) is 0 Å². The number of H-pyrrole nitrogens is 1. The number of hydrogen-bond acceptors (Lipinski definition) is 3. The normalized spacial score (nSPS) is 14.2. The van der Waals surface area contributed by atoms with E-state index in [1.54, 1.807) is 0 Å². The minimum atomic E-state index is -4.41. The van der Waals surface area contributed by atoms with Gasteiger partial charge in [-0.05, 0) is 18.2 Å². The zero-order chi connectivity index (χ0) is 12.6. The predicted molar refractivity (Wildman–Crippen MR) is 55.1 cm³/mol. The van der Waals surface area contributed by atoms with Crippen LogP contribution in [-0.4, -0.2) is 21.9 Å². The lowest BCUT2D eigenvalue weighted by molar-refractivity contribution is -0.137. The van der Waals surface area contributed by atoms with Gasteiger partial charge in [-0.3, -0.25) is 5.10 Å². The number of alkyl halides is 3. The van der Waals surface area contributed by atoms with E-state index in [-0.39, 0.29) is 12.0 Å². The molecule has 1 unspecified atom stereocenters. The molecule has 7 heteroatoms. The van der Waals surface area contributed by atoms with Crippen molar-refractivity contribution in [2.45, 2.75) is 12.2 Å². The number of fused-ring (bicyclic) bond motifs is 1. The van der Waals surface area contributed by atoms with Crippen molar-refractivity contribution < 1.29 is 18.3 Å². The summed E-state index contributed by atoms with van der Waals surface area (Å²) in [4.78, 5) is 0. The number of nitrogens with two attached hydrogens (primary N) is 1. The van der Waals surface area contributed by atoms with Crippen LogP contribution in [0.4, 0.5) is 13.2 Å². The van der Waals surface area contributed by atoms with Crippen LogP contribution >= 0.6 is 0 Å². The zero-order valence-corrected chi connectivity index (χ0v) is 8.62. The number of rotatable bonds is 2. The highest BCUT2D eigenvalue weighted by molar-refractivity contribution is 5.82. The first-order valence-corrected chi connectivity index (χ1v) is 4.85. The van der Waals surface area contributed by atoms with Gasteiger partial charge in [-0.15, -0.1) is 0 Å². The van der Waals surface area contributed by atoms with Gasteiger partial charge in [0.1, 0.15) is 0 Å². The Kier molecular flexibility index (Phi) is 2.80. The monoisotopic (exact) mass is 245 g/mol. The van der Waals surface area contributed by atoms with Crippen LogP contribution in [0.3, 0.4) is 0 Å². The molecule has 0 aliphatic rings. The molecule has 4 N–H and O–H groups in total. The summed E-state index contributed by atoms with van der Waals surface area (Å²) >= 11 is 0. The molecule has 0 aliphatic carbocycles. The number of aromatic amines is 1. The quantitative estimate of drug-likeness (QED) is 0.751. The minimum absolute atomic E-state index is 0.279. The fraction of sp³-hybridized carbons (Fsp3) is 0.300. The molecule has 0 fully saturated rings. The Hall–Kier alpha value is -1.60. The van der Waals surface area contributed by atoms with Crippen LogP contribution in [0, 0.1) is 0 Å². The standard InChI is InChI=1S/C10H10F3N3O/c11-10(12,13)5-1-2-8-6(3-5)9(16-15-8)7(14)4-17/h1-3,7,17H,4,14H2,(H,15,16). The third kappa shape index (κ3) is 2.11. The molecule has 4 nitrogen and oxygen atoms in total. The van der Waals surface area contributed by atoms with Gasteiger partial charge < -0.3 is 10.8 Å². The number of nitrogens with zero attached hydrogens (tertiary/aromatic N) is 1. The maximum atomic E-state index is 12.5. The lowest BCUT2D eigenvalue weighted by Crippen LogP contribution is -2.15. The molecule has 1 heterocycles. The van der Waals surface area contributed by atoms with Gasteiger partial charge in [-0.2, -0.15) is 18.3 Å². The fourth-order valence-corrected chi connectivity index (χ4v) is 1.58. The van der Waals surface area contributed by atoms with Gasteiger partial charge in [0.05, 0.1) is 29.4 Å². The highest BCUT2D eigenvalue weighted by Crippen LogP contribution is 2.32. The van der Waals surface area contributed by atoms with Crippen LogP contribution in [0.15, 0.2) is 18.2 Å². The van der Waals surface area contributed by atoms with E-state index in [1.807, 2.05) is 0 Å². The largest absolute Gasteiger partial charge is 0.416 e. The summed E-state index contributed by atoms with van der Waals surface area (Å²) in [5, 5.41) is 15.5. The van der Waals surface area contributed by atoms with Crippen molar-refractivity contribution in [3.63, 3.8) is 0 Å². The fourth-order valence-electron chi connectivity index (χ4n) is 1.58. The molecule has 0 bridgehead atoms. The Morgan fingerprint density at radius 3 is 2.71 bits per heavy atom. The van der Waals surface area contributed by atoms with Crippen molar-refractivity contribution in [2.24, 2.45) is 5.73 Å². The molecule has 1 aromatic carbocycles. The zero-order valence-electron chi connectivity index (χ0n) is 8.62. The summed E-state index contributed by atoms with van der Waals surface area (Å²) in [5.41, 5.74) is 5.48. The molecule has 2 aromatic rings. The second-order valence-corrected chi connectivity index (χ2v) is 3.66. The third-order valence-corrected chi connectivity index (χ3v) is 2.48. The maximum absolute atomic E-state index is 12.5. The lowest BCUT2D eigenvalue weighted by atomic mass is 10.1. The van der Waals surface area contributed by atoms with Crippen LogP contribution in [0.5, 0.6) is 0 Å². The molecular formula is C10H10F3N3O. The van der Waals surface area contributed by atoms with Gasteiger partial charge in [0.25, 0.3) is 0 Å². The van der Waals surface area contributed by atoms with Crippen molar-refractivity contribution >= 4 is 10.9 Å². The van der Waals surface area contributed by atoms with Crippen molar-refractivity contribution in [1.82, 2.24) is 10.2 Å². The van der Waals surface area contributed by atoms with Gasteiger partial charge in [-0.25, -0.2) is 0 Å². The molecule has 1 atom stereocenters. The molecule has 17 heavy (non-hydrogen) atoms. The molecule has 0 saturated carbocycles. The molecule has 0 spiro atoms. The number of benzene rings is 1. The number of halogens is 3. The number of aromatic nitrogens is 2. The van der Waals surface area contributed by atoms with E-state index < -0.39 is 17.8 Å². The SMILES string of the molecule is NC(CO)c1[nH]nc2ccc(C(F)(F)F)cc12. The number of aliphatic hydroxyl groups excluding tert-OH is 1. The summed E-state index contributed by atoms with van der Waals surface area (Å²) in [7, 11) is 0. The Labute approximate surface area is 94.2 Å². The Morgan fingerprint density at radius 2 is 2.12 bits per heavy atom. The van der Waals surface area contributed by atoms with Crippen molar-refractivity contribution in [3.05, 3.63) is 29.5 Å². The first kappa shape index (κ1) is 11.9. The highest BCUT2D eigenvalue weighted by atomic mass is 19.4. The maximum Gasteiger partial charge on any atom is 0.416 e. The summed E-state index contributed by atoms with van der Waals surface area (Å²) in [5.74, 6) is 0. The molecule has 0 aliphatic heterocycles. The van der Waals surface area contributed by atoms with Crippen LogP contribution < -0.4 is 5.73 Å². The topological polar surface area (TPSA) is 74.9 Å². The van der Waals surface area contributed by atoms with E-state index >= 15 is 0 Å². The van der Waals surface area contributed by atoms with Crippen molar-refractivity contribution in [1.29, 1.82) is 0 Å². The molecular weight excluding hydrogens is 235 g/mol. The molecule has 0 amide bonds. The van der Waals surface area contributed by atoms with Crippen LogP contribution in [0.25, 0.3) is 10.9 Å². The number of nitrogens with one attached hydrogen (secondary N) is 1.